The van der Waals surface area contributed by atoms with Gasteiger partial charge in [0.05, 0.1) is 6.54 Å². The molecule has 7 heteroatoms. The zero-order chi connectivity index (χ0) is 21.1. The SMILES string of the molecule is Cc1ccc(C2=NC3(CCN(CC(=O)NCc4ccccc4Cl)CC3)NC2=O)cc1. The molecule has 30 heavy (non-hydrogen) atoms. The Morgan fingerprint density at radius 2 is 1.87 bits per heavy atom. The van der Waals surface area contributed by atoms with Crippen LogP contribution in [0.1, 0.15) is 29.5 Å². The van der Waals surface area contributed by atoms with Crippen LogP contribution in [0.25, 0.3) is 0 Å². The summed E-state index contributed by atoms with van der Waals surface area (Å²) in [7, 11) is 0. The van der Waals surface area contributed by atoms with Crippen molar-refractivity contribution in [3.8, 4) is 0 Å². The molecular weight excluding hydrogens is 400 g/mol. The Kier molecular flexibility index (Phi) is 5.88. The molecule has 0 radical (unpaired) electrons. The molecule has 1 spiro atoms. The van der Waals surface area contributed by atoms with Gasteiger partial charge in [-0.15, -0.1) is 0 Å². The van der Waals surface area contributed by atoms with Gasteiger partial charge in [-0.2, -0.15) is 0 Å². The van der Waals surface area contributed by atoms with E-state index in [1.54, 1.807) is 0 Å². The van der Waals surface area contributed by atoms with E-state index < -0.39 is 5.66 Å². The molecule has 2 aliphatic heterocycles. The van der Waals surface area contributed by atoms with Gasteiger partial charge in [-0.1, -0.05) is 59.6 Å². The normalized spacial score (nSPS) is 18.2. The number of piperidine rings is 1. The minimum absolute atomic E-state index is 0.0369. The highest BCUT2D eigenvalue weighted by Crippen LogP contribution is 2.28. The third-order valence-corrected chi connectivity index (χ3v) is 6.07. The summed E-state index contributed by atoms with van der Waals surface area (Å²) < 4.78 is 0. The second-order valence-electron chi connectivity index (χ2n) is 7.96. The molecule has 0 unspecified atom stereocenters. The number of hydrogen-bond donors (Lipinski definition) is 2. The number of aliphatic imine (C=N–C) groups is 1. The molecule has 6 nitrogen and oxygen atoms in total. The highest BCUT2D eigenvalue weighted by Gasteiger charge is 2.42. The standard InChI is InChI=1S/C23H25ClN4O2/c1-16-6-8-17(9-7-16)21-22(30)27-23(26-21)10-12-28(13-11-23)15-20(29)25-14-18-4-2-3-5-19(18)24/h2-9H,10-15H2,1H3,(H,25,29)(H,27,30). The number of carbonyl (C=O) groups excluding carboxylic acids is 2. The third kappa shape index (κ3) is 4.55. The number of nitrogens with one attached hydrogen (secondary N) is 2. The van der Waals surface area contributed by atoms with Crippen LogP contribution in [0, 0.1) is 6.92 Å². The smallest absolute Gasteiger partial charge is 0.272 e. The van der Waals surface area contributed by atoms with E-state index in [-0.39, 0.29) is 11.8 Å². The number of halogens is 1. The summed E-state index contributed by atoms with van der Waals surface area (Å²) in [4.78, 5) is 31.7. The second kappa shape index (κ2) is 8.58. The second-order valence-corrected chi connectivity index (χ2v) is 8.36. The van der Waals surface area contributed by atoms with Crippen molar-refractivity contribution in [1.29, 1.82) is 0 Å². The van der Waals surface area contributed by atoms with Gasteiger partial charge in [-0.3, -0.25) is 19.5 Å². The Morgan fingerprint density at radius 1 is 1.17 bits per heavy atom. The lowest BCUT2D eigenvalue weighted by Gasteiger charge is -2.36. The molecule has 1 fully saturated rings. The predicted octanol–water partition coefficient (Wildman–Crippen LogP) is 2.68. The van der Waals surface area contributed by atoms with Crippen molar-refractivity contribution in [2.45, 2.75) is 32.0 Å². The van der Waals surface area contributed by atoms with E-state index in [9.17, 15) is 9.59 Å². The van der Waals surface area contributed by atoms with E-state index >= 15 is 0 Å². The lowest BCUT2D eigenvalue weighted by Crippen LogP contribution is -2.52. The van der Waals surface area contributed by atoms with Crippen LogP contribution in [0.5, 0.6) is 0 Å². The largest absolute Gasteiger partial charge is 0.351 e. The quantitative estimate of drug-likeness (QED) is 0.775. The summed E-state index contributed by atoms with van der Waals surface area (Å²) >= 11 is 6.14. The minimum Gasteiger partial charge on any atom is -0.351 e. The number of aryl methyl sites for hydroxylation is 1. The first-order valence-corrected chi connectivity index (χ1v) is 10.5. The number of likely N-dealkylation sites (tertiary alicyclic amines) is 1. The van der Waals surface area contributed by atoms with E-state index in [0.717, 1.165) is 16.7 Å². The molecule has 2 aromatic rings. The maximum Gasteiger partial charge on any atom is 0.272 e. The zero-order valence-electron chi connectivity index (χ0n) is 17.0. The lowest BCUT2D eigenvalue weighted by atomic mass is 9.98. The first kappa shape index (κ1) is 20.6. The Labute approximate surface area is 181 Å². The summed E-state index contributed by atoms with van der Waals surface area (Å²) in [5.74, 6) is -0.157. The number of amides is 2. The number of nitrogens with zero attached hydrogens (tertiary/aromatic N) is 2. The van der Waals surface area contributed by atoms with Crippen LogP contribution in [0.15, 0.2) is 53.5 Å². The summed E-state index contributed by atoms with van der Waals surface area (Å²) in [5, 5.41) is 6.65. The molecule has 2 aromatic carbocycles. The van der Waals surface area contributed by atoms with E-state index in [2.05, 4.69) is 15.5 Å². The van der Waals surface area contributed by atoms with Gasteiger partial charge in [0, 0.05) is 43.1 Å². The van der Waals surface area contributed by atoms with Gasteiger partial charge in [0.1, 0.15) is 11.4 Å². The number of carbonyl (C=O) groups is 2. The van der Waals surface area contributed by atoms with Crippen molar-refractivity contribution >= 4 is 29.1 Å². The van der Waals surface area contributed by atoms with Gasteiger partial charge in [0.2, 0.25) is 5.91 Å². The van der Waals surface area contributed by atoms with Crippen molar-refractivity contribution < 1.29 is 9.59 Å². The van der Waals surface area contributed by atoms with Crippen molar-refractivity contribution in [2.75, 3.05) is 19.6 Å². The molecule has 0 saturated carbocycles. The zero-order valence-corrected chi connectivity index (χ0v) is 17.7. The summed E-state index contributed by atoms with van der Waals surface area (Å²) in [5.41, 5.74) is 2.84. The Hall–Kier alpha value is -2.70. The van der Waals surface area contributed by atoms with Crippen molar-refractivity contribution in [3.05, 3.63) is 70.2 Å². The minimum atomic E-state index is -0.554. The van der Waals surface area contributed by atoms with Crippen molar-refractivity contribution in [1.82, 2.24) is 15.5 Å². The van der Waals surface area contributed by atoms with Gasteiger partial charge < -0.3 is 10.6 Å². The fourth-order valence-corrected chi connectivity index (χ4v) is 4.09. The molecule has 0 aliphatic carbocycles. The molecule has 0 atom stereocenters. The Bertz CT molecular complexity index is 979. The third-order valence-electron chi connectivity index (χ3n) is 5.70. The van der Waals surface area contributed by atoms with Crippen LogP contribution in [0.2, 0.25) is 5.02 Å². The highest BCUT2D eigenvalue weighted by atomic mass is 35.5. The van der Waals surface area contributed by atoms with Crippen molar-refractivity contribution in [2.24, 2.45) is 4.99 Å². The van der Waals surface area contributed by atoms with Crippen molar-refractivity contribution in [3.63, 3.8) is 0 Å². The van der Waals surface area contributed by atoms with Crippen LogP contribution in [-0.2, 0) is 16.1 Å². The van der Waals surface area contributed by atoms with Crippen LogP contribution in [0.3, 0.4) is 0 Å². The molecule has 2 N–H and O–H groups in total. The van der Waals surface area contributed by atoms with Crippen LogP contribution in [0.4, 0.5) is 0 Å². The molecular formula is C23H25ClN4O2. The molecule has 0 aromatic heterocycles. The number of hydrogen-bond acceptors (Lipinski definition) is 4. The number of benzene rings is 2. The average Bonchev–Trinajstić information content (AvgIpc) is 3.06. The molecule has 2 aliphatic rings. The molecule has 156 valence electrons. The molecule has 2 heterocycles. The lowest BCUT2D eigenvalue weighted by molar-refractivity contribution is -0.123. The van der Waals surface area contributed by atoms with Gasteiger partial charge in [0.15, 0.2) is 0 Å². The maximum atomic E-state index is 12.5. The highest BCUT2D eigenvalue weighted by molar-refractivity contribution is 6.46. The number of rotatable bonds is 5. The average molecular weight is 425 g/mol. The fraction of sp³-hybridized carbons (Fsp3) is 0.348. The molecule has 1 saturated heterocycles. The molecule has 0 bridgehead atoms. The topological polar surface area (TPSA) is 73.8 Å². The van der Waals surface area contributed by atoms with Crippen LogP contribution >= 0.6 is 11.6 Å². The van der Waals surface area contributed by atoms with Gasteiger partial charge in [-0.25, -0.2) is 0 Å². The van der Waals surface area contributed by atoms with Gasteiger partial charge >= 0.3 is 0 Å². The summed E-state index contributed by atoms with van der Waals surface area (Å²) in [6, 6.07) is 15.3. The first-order valence-electron chi connectivity index (χ1n) is 10.2. The van der Waals surface area contributed by atoms with Crippen LogP contribution < -0.4 is 10.6 Å². The monoisotopic (exact) mass is 424 g/mol. The van der Waals surface area contributed by atoms with E-state index in [4.69, 9.17) is 16.6 Å². The predicted molar refractivity (Wildman–Crippen MR) is 118 cm³/mol. The van der Waals surface area contributed by atoms with Gasteiger partial charge in [0.25, 0.3) is 5.91 Å². The Balaban J connectivity index is 1.31. The maximum absolute atomic E-state index is 12.5. The van der Waals surface area contributed by atoms with E-state index in [0.29, 0.717) is 49.8 Å². The Morgan fingerprint density at radius 3 is 2.57 bits per heavy atom. The van der Waals surface area contributed by atoms with E-state index in [1.165, 1.54) is 0 Å². The first-order chi connectivity index (χ1) is 14.4. The fourth-order valence-electron chi connectivity index (χ4n) is 3.88. The molecule has 2 amide bonds. The van der Waals surface area contributed by atoms with Gasteiger partial charge in [-0.05, 0) is 18.6 Å². The summed E-state index contributed by atoms with van der Waals surface area (Å²) in [6.45, 7) is 4.15. The van der Waals surface area contributed by atoms with Crippen LogP contribution in [-0.4, -0.2) is 47.7 Å². The van der Waals surface area contributed by atoms with E-state index in [1.807, 2.05) is 55.5 Å². The summed E-state index contributed by atoms with van der Waals surface area (Å²) in [6.07, 6.45) is 1.37. The molecule has 4 rings (SSSR count).